The van der Waals surface area contributed by atoms with Crippen LogP contribution in [0, 0.1) is 29.1 Å². The number of amides is 1. The second-order valence-corrected chi connectivity index (χ2v) is 6.91. The lowest BCUT2D eigenvalue weighted by atomic mass is 9.48. The first-order chi connectivity index (χ1) is 8.47. The highest BCUT2D eigenvalue weighted by Crippen LogP contribution is 2.62. The predicted molar refractivity (Wildman–Crippen MR) is 65.5 cm³/mol. The van der Waals surface area contributed by atoms with Crippen molar-refractivity contribution in [2.75, 3.05) is 0 Å². The van der Waals surface area contributed by atoms with Crippen LogP contribution in [0.4, 0.5) is 0 Å². The van der Waals surface area contributed by atoms with Gasteiger partial charge in [-0.15, -0.1) is 0 Å². The Bertz CT molecular complexity index is 341. The van der Waals surface area contributed by atoms with Gasteiger partial charge < -0.3 is 10.8 Å². The molecule has 0 aliphatic heterocycles. The number of nitrogens with two attached hydrogens (primary N) is 1. The zero-order valence-corrected chi connectivity index (χ0v) is 10.6. The molecular formula is C14H21NO3. The van der Waals surface area contributed by atoms with Crippen molar-refractivity contribution in [1.29, 1.82) is 0 Å². The third kappa shape index (κ3) is 1.91. The zero-order valence-electron chi connectivity index (χ0n) is 10.6. The molecule has 1 unspecified atom stereocenters. The zero-order chi connectivity index (χ0) is 12.9. The van der Waals surface area contributed by atoms with E-state index >= 15 is 0 Å². The maximum absolute atomic E-state index is 11.3. The molecule has 4 heteroatoms. The molecule has 4 nitrogen and oxygen atoms in total. The minimum absolute atomic E-state index is 0.104. The van der Waals surface area contributed by atoms with Gasteiger partial charge >= 0.3 is 5.97 Å². The van der Waals surface area contributed by atoms with Crippen molar-refractivity contribution in [1.82, 2.24) is 0 Å². The predicted octanol–water partition coefficient (Wildman–Crippen LogP) is 1.78. The molecule has 1 amide bonds. The minimum atomic E-state index is -1.04. The van der Waals surface area contributed by atoms with Gasteiger partial charge in [-0.05, 0) is 68.1 Å². The van der Waals surface area contributed by atoms with Crippen molar-refractivity contribution < 1.29 is 14.7 Å². The van der Waals surface area contributed by atoms with E-state index in [0.717, 1.165) is 37.0 Å². The van der Waals surface area contributed by atoms with Crippen molar-refractivity contribution in [2.45, 2.75) is 44.9 Å². The Hall–Kier alpha value is -1.06. The molecule has 0 radical (unpaired) electrons. The molecule has 0 heterocycles. The molecule has 0 spiro atoms. The number of aliphatic carboxylic acids is 1. The first-order valence-corrected chi connectivity index (χ1v) is 6.99. The van der Waals surface area contributed by atoms with E-state index in [0.29, 0.717) is 6.42 Å². The van der Waals surface area contributed by atoms with E-state index in [1.54, 1.807) is 0 Å². The summed E-state index contributed by atoms with van der Waals surface area (Å²) >= 11 is 0. The van der Waals surface area contributed by atoms with Gasteiger partial charge in [0, 0.05) is 0 Å². The molecule has 4 aliphatic rings. The Morgan fingerprint density at radius 1 is 1.11 bits per heavy atom. The van der Waals surface area contributed by atoms with Crippen LogP contribution in [0.3, 0.4) is 0 Å². The van der Waals surface area contributed by atoms with E-state index in [1.807, 2.05) is 0 Å². The summed E-state index contributed by atoms with van der Waals surface area (Å²) in [6.07, 6.45) is 7.82. The molecule has 4 rings (SSSR count). The van der Waals surface area contributed by atoms with Gasteiger partial charge in [-0.3, -0.25) is 9.59 Å². The minimum Gasteiger partial charge on any atom is -0.481 e. The van der Waals surface area contributed by atoms with E-state index in [1.165, 1.54) is 19.3 Å². The lowest BCUT2D eigenvalue weighted by molar-refractivity contribution is -0.150. The SMILES string of the molecule is NC(=O)C(CC12CC3CC(CC(C3)C1)C2)C(=O)O. The van der Waals surface area contributed by atoms with E-state index in [4.69, 9.17) is 10.8 Å². The number of primary amides is 1. The number of hydrogen-bond donors (Lipinski definition) is 2. The van der Waals surface area contributed by atoms with Gasteiger partial charge in [-0.1, -0.05) is 0 Å². The molecule has 3 N–H and O–H groups in total. The first kappa shape index (κ1) is 12.0. The van der Waals surface area contributed by atoms with Crippen molar-refractivity contribution >= 4 is 11.9 Å². The number of carbonyl (C=O) groups excluding carboxylic acids is 1. The highest BCUT2D eigenvalue weighted by atomic mass is 16.4. The number of carboxylic acid groups (broad SMARTS) is 1. The maximum atomic E-state index is 11.3. The molecule has 18 heavy (non-hydrogen) atoms. The summed E-state index contributed by atoms with van der Waals surface area (Å²) < 4.78 is 0. The fourth-order valence-corrected chi connectivity index (χ4v) is 5.28. The monoisotopic (exact) mass is 251 g/mol. The van der Waals surface area contributed by atoms with Crippen LogP contribution in [-0.4, -0.2) is 17.0 Å². The maximum Gasteiger partial charge on any atom is 0.316 e. The Balaban J connectivity index is 1.79. The van der Waals surface area contributed by atoms with Crippen LogP contribution in [0.15, 0.2) is 0 Å². The summed E-state index contributed by atoms with van der Waals surface area (Å²) in [5.41, 5.74) is 5.35. The van der Waals surface area contributed by atoms with E-state index in [2.05, 4.69) is 0 Å². The Morgan fingerprint density at radius 3 is 1.89 bits per heavy atom. The van der Waals surface area contributed by atoms with Crippen LogP contribution in [0.25, 0.3) is 0 Å². The molecule has 0 aromatic carbocycles. The van der Waals surface area contributed by atoms with Crippen molar-refractivity contribution in [3.63, 3.8) is 0 Å². The van der Waals surface area contributed by atoms with Crippen LogP contribution in [-0.2, 0) is 9.59 Å². The third-order valence-electron chi connectivity index (χ3n) is 5.44. The number of carbonyl (C=O) groups is 2. The molecule has 4 saturated carbocycles. The molecule has 4 bridgehead atoms. The van der Waals surface area contributed by atoms with Gasteiger partial charge in [0.2, 0.25) is 5.91 Å². The van der Waals surface area contributed by atoms with Crippen LogP contribution < -0.4 is 5.73 Å². The van der Waals surface area contributed by atoms with Crippen LogP contribution in [0.1, 0.15) is 44.9 Å². The van der Waals surface area contributed by atoms with Crippen molar-refractivity contribution in [2.24, 2.45) is 34.8 Å². The molecule has 0 saturated heterocycles. The topological polar surface area (TPSA) is 80.4 Å². The molecule has 4 aliphatic carbocycles. The van der Waals surface area contributed by atoms with Crippen molar-refractivity contribution in [3.05, 3.63) is 0 Å². The van der Waals surface area contributed by atoms with Gasteiger partial charge in [0.1, 0.15) is 5.92 Å². The van der Waals surface area contributed by atoms with Gasteiger partial charge in [-0.2, -0.15) is 0 Å². The lowest BCUT2D eigenvalue weighted by Gasteiger charge is -2.57. The molecule has 0 aromatic heterocycles. The van der Waals surface area contributed by atoms with Gasteiger partial charge in [0.15, 0.2) is 0 Å². The Morgan fingerprint density at radius 2 is 1.56 bits per heavy atom. The Labute approximate surface area is 107 Å². The smallest absolute Gasteiger partial charge is 0.316 e. The summed E-state index contributed by atoms with van der Waals surface area (Å²) in [5.74, 6) is -0.367. The van der Waals surface area contributed by atoms with E-state index in [-0.39, 0.29) is 5.41 Å². The van der Waals surface area contributed by atoms with Crippen LogP contribution in [0.5, 0.6) is 0 Å². The normalized spacial score (nSPS) is 42.8. The largest absolute Gasteiger partial charge is 0.481 e. The van der Waals surface area contributed by atoms with Gasteiger partial charge in [0.05, 0.1) is 0 Å². The second-order valence-electron chi connectivity index (χ2n) is 6.91. The van der Waals surface area contributed by atoms with Crippen LogP contribution >= 0.6 is 0 Å². The van der Waals surface area contributed by atoms with Gasteiger partial charge in [0.25, 0.3) is 0 Å². The van der Waals surface area contributed by atoms with Gasteiger partial charge in [-0.25, -0.2) is 0 Å². The quantitative estimate of drug-likeness (QED) is 0.747. The fourth-order valence-electron chi connectivity index (χ4n) is 5.28. The lowest BCUT2D eigenvalue weighted by Crippen LogP contribution is -2.48. The van der Waals surface area contributed by atoms with E-state index in [9.17, 15) is 9.59 Å². The molecular weight excluding hydrogens is 230 g/mol. The fraction of sp³-hybridized carbons (Fsp3) is 0.857. The van der Waals surface area contributed by atoms with Crippen LogP contribution in [0.2, 0.25) is 0 Å². The molecule has 0 aromatic rings. The summed E-state index contributed by atoms with van der Waals surface area (Å²) in [6.45, 7) is 0. The number of rotatable bonds is 4. The summed E-state index contributed by atoms with van der Waals surface area (Å²) in [7, 11) is 0. The second kappa shape index (κ2) is 3.97. The molecule has 1 atom stereocenters. The number of hydrogen-bond acceptors (Lipinski definition) is 2. The molecule has 4 fully saturated rings. The standard InChI is InChI=1S/C14H21NO3/c15-12(16)11(13(17)18)7-14-4-8-1-9(5-14)3-10(2-8)6-14/h8-11H,1-7H2,(H2,15,16)(H,17,18). The highest BCUT2D eigenvalue weighted by molar-refractivity contribution is 5.96. The third-order valence-corrected chi connectivity index (χ3v) is 5.44. The summed E-state index contributed by atoms with van der Waals surface area (Å²) in [4.78, 5) is 22.5. The average molecular weight is 251 g/mol. The summed E-state index contributed by atoms with van der Waals surface area (Å²) in [5, 5.41) is 9.14. The highest BCUT2D eigenvalue weighted by Gasteiger charge is 2.52. The van der Waals surface area contributed by atoms with E-state index < -0.39 is 17.8 Å². The summed E-state index contributed by atoms with van der Waals surface area (Å²) in [6, 6.07) is 0. The van der Waals surface area contributed by atoms with Crippen molar-refractivity contribution in [3.8, 4) is 0 Å². The first-order valence-electron chi connectivity index (χ1n) is 6.99. The Kier molecular flexibility index (Phi) is 2.65. The number of carboxylic acids is 1. The average Bonchev–Trinajstić information content (AvgIpc) is 2.23. The molecule has 100 valence electrons.